The second-order valence-corrected chi connectivity index (χ2v) is 8.45. The van der Waals surface area contributed by atoms with Crippen LogP contribution >= 0.6 is 11.3 Å². The Morgan fingerprint density at radius 2 is 2.00 bits per heavy atom. The number of carbonyl (C=O) groups excluding carboxylic acids is 2. The molecule has 0 atom stereocenters. The van der Waals surface area contributed by atoms with E-state index in [4.69, 9.17) is 4.74 Å². The van der Waals surface area contributed by atoms with Crippen molar-refractivity contribution in [2.24, 2.45) is 4.99 Å². The van der Waals surface area contributed by atoms with E-state index in [-0.39, 0.29) is 18.4 Å². The molecule has 8 heteroatoms. The number of aryl methyl sites for hydroxylation is 3. The van der Waals surface area contributed by atoms with Gasteiger partial charge in [-0.05, 0) is 44.9 Å². The van der Waals surface area contributed by atoms with E-state index >= 15 is 0 Å². The lowest BCUT2D eigenvalue weighted by Gasteiger charge is -2.12. The lowest BCUT2D eigenvalue weighted by Crippen LogP contribution is -2.29. The maximum atomic E-state index is 12.7. The third kappa shape index (κ3) is 5.99. The number of ether oxygens (including phenoxy) is 1. The molecule has 0 aliphatic heterocycles. The van der Waals surface area contributed by atoms with E-state index < -0.39 is 0 Å². The fourth-order valence-electron chi connectivity index (χ4n) is 3.34. The topological polar surface area (TPSA) is 85.6 Å². The molecule has 0 saturated heterocycles. The Labute approximate surface area is 191 Å². The van der Waals surface area contributed by atoms with E-state index in [9.17, 15) is 9.59 Å². The first kappa shape index (κ1) is 23.6. The molecule has 2 aromatic heterocycles. The minimum atomic E-state index is -0.325. The first-order valence-electron chi connectivity index (χ1n) is 10.4. The minimum absolute atomic E-state index is 0.0407. The molecule has 7 nitrogen and oxygen atoms in total. The number of rotatable bonds is 8. The van der Waals surface area contributed by atoms with Crippen LogP contribution < -0.4 is 10.1 Å². The van der Waals surface area contributed by atoms with E-state index in [1.54, 1.807) is 18.3 Å². The first-order valence-corrected chi connectivity index (χ1v) is 11.3. The maximum Gasteiger partial charge on any atom is 0.281 e. The molecule has 0 fully saturated rings. The van der Waals surface area contributed by atoms with Crippen LogP contribution in [0.5, 0.6) is 0 Å². The number of benzene rings is 1. The number of carbonyl (C=O) groups is 2. The van der Waals surface area contributed by atoms with Crippen molar-refractivity contribution in [3.63, 3.8) is 0 Å². The van der Waals surface area contributed by atoms with Crippen LogP contribution in [0.1, 0.15) is 33.6 Å². The van der Waals surface area contributed by atoms with Crippen LogP contribution in [0.15, 0.2) is 46.9 Å². The van der Waals surface area contributed by atoms with Gasteiger partial charge in [-0.15, -0.1) is 11.3 Å². The molecular weight excluding hydrogens is 424 g/mol. The highest BCUT2D eigenvalue weighted by Crippen LogP contribution is 2.25. The van der Waals surface area contributed by atoms with Crippen molar-refractivity contribution in [2.45, 2.75) is 33.7 Å². The summed E-state index contributed by atoms with van der Waals surface area (Å²) in [6, 6.07) is 9.86. The molecule has 1 aromatic carbocycles. The number of nitrogens with one attached hydrogen (secondary N) is 1. The molecule has 2 heterocycles. The summed E-state index contributed by atoms with van der Waals surface area (Å²) in [6.07, 6.45) is 2.24. The third-order valence-corrected chi connectivity index (χ3v) is 5.83. The van der Waals surface area contributed by atoms with Gasteiger partial charge in [0, 0.05) is 43.0 Å². The molecule has 0 aliphatic rings. The predicted octanol–water partition coefficient (Wildman–Crippen LogP) is 3.43. The van der Waals surface area contributed by atoms with Gasteiger partial charge in [0.15, 0.2) is 4.80 Å². The Hall–Kier alpha value is -3.10. The highest BCUT2D eigenvalue weighted by atomic mass is 32.1. The van der Waals surface area contributed by atoms with Gasteiger partial charge in [0.25, 0.3) is 5.91 Å². The highest BCUT2D eigenvalue weighted by molar-refractivity contribution is 7.07. The van der Waals surface area contributed by atoms with Gasteiger partial charge in [0.2, 0.25) is 5.91 Å². The van der Waals surface area contributed by atoms with Crippen molar-refractivity contribution in [3.05, 3.63) is 69.1 Å². The molecule has 168 valence electrons. The second-order valence-electron chi connectivity index (χ2n) is 7.62. The van der Waals surface area contributed by atoms with Gasteiger partial charge in [0.1, 0.15) is 6.61 Å². The van der Waals surface area contributed by atoms with Crippen molar-refractivity contribution in [3.8, 4) is 11.3 Å². The number of thiazole rings is 1. The Kier molecular flexibility index (Phi) is 8.08. The van der Waals surface area contributed by atoms with E-state index in [1.807, 2.05) is 16.9 Å². The van der Waals surface area contributed by atoms with Gasteiger partial charge in [-0.25, -0.2) is 0 Å². The predicted molar refractivity (Wildman–Crippen MR) is 126 cm³/mol. The number of hydrogen-bond acceptors (Lipinski definition) is 5. The number of methoxy groups -OCH3 is 1. The summed E-state index contributed by atoms with van der Waals surface area (Å²) < 4.78 is 6.89. The summed E-state index contributed by atoms with van der Waals surface area (Å²) in [5, 5.41) is 4.86. The van der Waals surface area contributed by atoms with Gasteiger partial charge < -0.3 is 14.6 Å². The van der Waals surface area contributed by atoms with Gasteiger partial charge in [-0.1, -0.05) is 23.8 Å². The number of pyridine rings is 1. The zero-order valence-corrected chi connectivity index (χ0v) is 19.7. The molecule has 0 bridgehead atoms. The van der Waals surface area contributed by atoms with Gasteiger partial charge in [0.05, 0.1) is 11.3 Å². The lowest BCUT2D eigenvalue weighted by molar-refractivity contribution is -0.124. The summed E-state index contributed by atoms with van der Waals surface area (Å²) >= 11 is 1.43. The third-order valence-electron chi connectivity index (χ3n) is 4.97. The van der Waals surface area contributed by atoms with Gasteiger partial charge in [-0.2, -0.15) is 4.99 Å². The van der Waals surface area contributed by atoms with Crippen LogP contribution in [0, 0.1) is 20.8 Å². The number of amides is 2. The average molecular weight is 453 g/mol. The Balaban J connectivity index is 1.92. The fourth-order valence-corrected chi connectivity index (χ4v) is 4.27. The standard InChI is InChI=1S/C24H28N4O3S/c1-16-6-9-20(17(2)12-16)21-15-32-24(27-23(30)19-8-7-18(3)26-13-19)28(21)11-5-10-25-22(29)14-31-4/h6-9,12-13,15H,5,10-11,14H2,1-4H3,(H,25,29). The summed E-state index contributed by atoms with van der Waals surface area (Å²) in [5.74, 6) is -0.474. The van der Waals surface area contributed by atoms with Gasteiger partial charge in [-0.3, -0.25) is 14.6 Å². The van der Waals surface area contributed by atoms with Crippen LogP contribution in [-0.4, -0.2) is 41.6 Å². The number of aromatic nitrogens is 2. The quantitative estimate of drug-likeness (QED) is 0.531. The summed E-state index contributed by atoms with van der Waals surface area (Å²) in [5.41, 5.74) is 5.76. The Morgan fingerprint density at radius 1 is 1.19 bits per heavy atom. The van der Waals surface area contributed by atoms with E-state index in [0.29, 0.717) is 29.9 Å². The minimum Gasteiger partial charge on any atom is -0.375 e. The summed E-state index contributed by atoms with van der Waals surface area (Å²) in [6.45, 7) is 7.18. The number of nitrogens with zero attached hydrogens (tertiary/aromatic N) is 3. The van der Waals surface area contributed by atoms with E-state index in [0.717, 1.165) is 22.5 Å². The lowest BCUT2D eigenvalue weighted by atomic mass is 10.0. The van der Waals surface area contributed by atoms with Gasteiger partial charge >= 0.3 is 0 Å². The zero-order valence-electron chi connectivity index (χ0n) is 18.8. The Morgan fingerprint density at radius 3 is 2.69 bits per heavy atom. The normalized spacial score (nSPS) is 11.6. The fraction of sp³-hybridized carbons (Fsp3) is 0.333. The van der Waals surface area contributed by atoms with Crippen LogP contribution in [0.25, 0.3) is 11.3 Å². The SMILES string of the molecule is COCC(=O)NCCCn1c(-c2ccc(C)cc2C)csc1=NC(=O)c1ccc(C)nc1. The molecule has 3 aromatic rings. The molecular formula is C24H28N4O3S. The molecule has 3 rings (SSSR count). The van der Waals surface area contributed by atoms with E-state index in [2.05, 4.69) is 47.3 Å². The molecule has 32 heavy (non-hydrogen) atoms. The largest absolute Gasteiger partial charge is 0.375 e. The Bertz CT molecular complexity index is 1160. The highest BCUT2D eigenvalue weighted by Gasteiger charge is 2.13. The average Bonchev–Trinajstić information content (AvgIpc) is 3.14. The molecule has 2 amide bonds. The summed E-state index contributed by atoms with van der Waals surface area (Å²) in [4.78, 5) is 33.6. The summed E-state index contributed by atoms with van der Waals surface area (Å²) in [7, 11) is 1.49. The van der Waals surface area contributed by atoms with Crippen molar-refractivity contribution in [2.75, 3.05) is 20.3 Å². The maximum absolute atomic E-state index is 12.7. The smallest absolute Gasteiger partial charge is 0.281 e. The molecule has 0 aliphatic carbocycles. The van der Waals surface area contributed by atoms with Crippen LogP contribution in [0.2, 0.25) is 0 Å². The molecule has 0 spiro atoms. The monoisotopic (exact) mass is 452 g/mol. The molecule has 0 radical (unpaired) electrons. The second kappa shape index (κ2) is 11.0. The van der Waals surface area contributed by atoms with Crippen LogP contribution in [0.4, 0.5) is 0 Å². The van der Waals surface area contributed by atoms with Crippen molar-refractivity contribution in [1.82, 2.24) is 14.9 Å². The zero-order chi connectivity index (χ0) is 23.1. The van der Waals surface area contributed by atoms with Crippen molar-refractivity contribution in [1.29, 1.82) is 0 Å². The molecule has 1 N–H and O–H groups in total. The van der Waals surface area contributed by atoms with Crippen molar-refractivity contribution >= 4 is 23.2 Å². The van der Waals surface area contributed by atoms with Crippen LogP contribution in [0.3, 0.4) is 0 Å². The molecule has 0 unspecified atom stereocenters. The molecule has 0 saturated carbocycles. The van der Waals surface area contributed by atoms with Crippen LogP contribution in [-0.2, 0) is 16.1 Å². The van der Waals surface area contributed by atoms with Crippen molar-refractivity contribution < 1.29 is 14.3 Å². The van der Waals surface area contributed by atoms with E-state index in [1.165, 1.54) is 24.0 Å². The number of hydrogen-bond donors (Lipinski definition) is 1. The first-order chi connectivity index (χ1) is 15.4.